The molecule has 0 unspecified atom stereocenters. The minimum Gasteiger partial charge on any atom is -0.383 e. The summed E-state index contributed by atoms with van der Waals surface area (Å²) in [5.74, 6) is 0.181. The number of anilines is 1. The largest absolute Gasteiger partial charge is 0.383 e. The predicted octanol–water partition coefficient (Wildman–Crippen LogP) is 5.35. The Hall–Kier alpha value is -2.84. The summed E-state index contributed by atoms with van der Waals surface area (Å²) >= 11 is 1.61. The van der Waals surface area contributed by atoms with Gasteiger partial charge in [-0.1, -0.05) is 12.1 Å². The van der Waals surface area contributed by atoms with Gasteiger partial charge in [0.2, 0.25) is 0 Å². The SMILES string of the molecule is [CH2]c1nc(-c2cnc(N)c3c(F)c(-c4cnn(CC)c4C)ccc23)sc1C1CCOCC1. The molecular weight excluding hydrogens is 425 g/mol. The molecule has 3 aromatic heterocycles. The molecule has 1 aromatic carbocycles. The molecule has 4 heterocycles. The molecule has 1 fully saturated rings. The number of hydrogen-bond acceptors (Lipinski definition) is 6. The first-order valence-corrected chi connectivity index (χ1v) is 11.6. The van der Waals surface area contributed by atoms with E-state index in [2.05, 4.69) is 17.0 Å². The lowest BCUT2D eigenvalue weighted by Gasteiger charge is -2.21. The molecule has 1 radical (unpaired) electrons. The fraction of sp³-hybridized carbons (Fsp3) is 0.333. The summed E-state index contributed by atoms with van der Waals surface area (Å²) in [4.78, 5) is 10.2. The first-order chi connectivity index (χ1) is 15.5. The lowest BCUT2D eigenvalue weighted by Crippen LogP contribution is -2.13. The molecule has 4 aromatic rings. The van der Waals surface area contributed by atoms with Crippen molar-refractivity contribution in [2.45, 2.75) is 39.2 Å². The van der Waals surface area contributed by atoms with Crippen LogP contribution in [0, 0.1) is 19.7 Å². The van der Waals surface area contributed by atoms with Gasteiger partial charge >= 0.3 is 0 Å². The average molecular weight is 451 g/mol. The summed E-state index contributed by atoms with van der Waals surface area (Å²) in [7, 11) is 0. The summed E-state index contributed by atoms with van der Waals surface area (Å²) in [6.45, 7) is 10.3. The predicted molar refractivity (Wildman–Crippen MR) is 126 cm³/mol. The summed E-state index contributed by atoms with van der Waals surface area (Å²) in [5, 5.41) is 6.16. The van der Waals surface area contributed by atoms with Gasteiger partial charge in [0, 0.05) is 58.6 Å². The van der Waals surface area contributed by atoms with Gasteiger partial charge in [-0.15, -0.1) is 11.3 Å². The Bertz CT molecular complexity index is 1310. The summed E-state index contributed by atoms with van der Waals surface area (Å²) < 4.78 is 23.1. The van der Waals surface area contributed by atoms with Crippen molar-refractivity contribution in [2.75, 3.05) is 18.9 Å². The highest BCUT2D eigenvalue weighted by atomic mass is 32.1. The molecule has 0 spiro atoms. The molecule has 8 heteroatoms. The number of thiazole rings is 1. The molecule has 0 saturated carbocycles. The number of nitrogen functional groups attached to an aromatic ring is 1. The van der Waals surface area contributed by atoms with E-state index >= 15 is 4.39 Å². The number of nitrogens with zero attached hydrogens (tertiary/aromatic N) is 4. The molecule has 2 N–H and O–H groups in total. The van der Waals surface area contributed by atoms with Crippen LogP contribution in [-0.2, 0) is 11.3 Å². The van der Waals surface area contributed by atoms with Gasteiger partial charge in [-0.3, -0.25) is 4.68 Å². The second kappa shape index (κ2) is 8.26. The lowest BCUT2D eigenvalue weighted by molar-refractivity contribution is 0.0859. The number of rotatable bonds is 4. The van der Waals surface area contributed by atoms with Crippen molar-refractivity contribution in [1.29, 1.82) is 0 Å². The van der Waals surface area contributed by atoms with Gasteiger partial charge in [0.25, 0.3) is 0 Å². The second-order valence-corrected chi connectivity index (χ2v) is 9.11. The third kappa shape index (κ3) is 3.38. The van der Waals surface area contributed by atoms with Crippen LogP contribution < -0.4 is 5.73 Å². The van der Waals surface area contributed by atoms with Crippen LogP contribution >= 0.6 is 11.3 Å². The zero-order valence-electron chi connectivity index (χ0n) is 18.2. The van der Waals surface area contributed by atoms with Crippen LogP contribution in [0.5, 0.6) is 0 Å². The lowest BCUT2D eigenvalue weighted by atomic mass is 9.97. The number of hydrogen-bond donors (Lipinski definition) is 1. The second-order valence-electron chi connectivity index (χ2n) is 8.08. The molecular formula is C24H25FN5OS. The Morgan fingerprint density at radius 1 is 1.22 bits per heavy atom. The first kappa shape index (κ1) is 21.0. The van der Waals surface area contributed by atoms with Crippen LogP contribution in [-0.4, -0.2) is 33.0 Å². The van der Waals surface area contributed by atoms with E-state index in [0.29, 0.717) is 22.3 Å². The number of fused-ring (bicyclic) bond motifs is 1. The van der Waals surface area contributed by atoms with Gasteiger partial charge in [0.15, 0.2) is 0 Å². The van der Waals surface area contributed by atoms with E-state index in [1.54, 1.807) is 29.8 Å². The molecule has 1 saturated heterocycles. The standard InChI is InChI=1S/C24H25FN5OS/c1-4-30-14(3)18(12-28-30)17-6-5-16-19(11-27-23(26)20(16)21(17)25)24-29-13(2)22(32-24)15-7-9-31-10-8-15/h5-6,11-12,15H,2,4,7-10H2,1,3H3,(H2,26,27). The summed E-state index contributed by atoms with van der Waals surface area (Å²) in [6.07, 6.45) is 5.32. The van der Waals surface area contributed by atoms with Crippen LogP contribution in [0.15, 0.2) is 24.5 Å². The smallest absolute Gasteiger partial charge is 0.142 e. The van der Waals surface area contributed by atoms with Crippen LogP contribution in [0.1, 0.15) is 41.9 Å². The Morgan fingerprint density at radius 2 is 2.00 bits per heavy atom. The van der Waals surface area contributed by atoms with Crippen LogP contribution in [0.3, 0.4) is 0 Å². The zero-order chi connectivity index (χ0) is 22.4. The molecule has 6 nitrogen and oxygen atoms in total. The number of benzene rings is 1. The monoisotopic (exact) mass is 450 g/mol. The van der Waals surface area contributed by atoms with Gasteiger partial charge in [-0.05, 0) is 39.5 Å². The Balaban J connectivity index is 1.64. The molecule has 0 atom stereocenters. The van der Waals surface area contributed by atoms with Crippen molar-refractivity contribution in [2.24, 2.45) is 0 Å². The average Bonchev–Trinajstić information content (AvgIpc) is 3.37. The maximum Gasteiger partial charge on any atom is 0.142 e. The topological polar surface area (TPSA) is 78.9 Å². The molecule has 1 aliphatic heterocycles. The van der Waals surface area contributed by atoms with Gasteiger partial charge in [0.05, 0.1) is 17.3 Å². The van der Waals surface area contributed by atoms with Gasteiger partial charge < -0.3 is 10.5 Å². The van der Waals surface area contributed by atoms with Crippen molar-refractivity contribution in [1.82, 2.24) is 19.7 Å². The highest BCUT2D eigenvalue weighted by Gasteiger charge is 2.24. The first-order valence-electron chi connectivity index (χ1n) is 10.8. The molecule has 1 aliphatic rings. The molecule has 0 aliphatic carbocycles. The van der Waals surface area contributed by atoms with E-state index in [-0.39, 0.29) is 11.6 Å². The number of nitrogens with two attached hydrogens (primary N) is 1. The van der Waals surface area contributed by atoms with Crippen LogP contribution in [0.2, 0.25) is 0 Å². The number of aryl methyl sites for hydroxylation is 1. The number of pyridine rings is 1. The van der Waals surface area contributed by atoms with Gasteiger partial charge in [-0.25, -0.2) is 14.4 Å². The van der Waals surface area contributed by atoms with Crippen molar-refractivity contribution in [3.8, 4) is 21.7 Å². The summed E-state index contributed by atoms with van der Waals surface area (Å²) in [5.41, 5.74) is 9.85. The number of halogens is 1. The van der Waals surface area contributed by atoms with Crippen LogP contribution in [0.25, 0.3) is 32.5 Å². The quantitative estimate of drug-likeness (QED) is 0.454. The molecule has 32 heavy (non-hydrogen) atoms. The normalized spacial score (nSPS) is 15.0. The number of ether oxygens (including phenoxy) is 1. The highest BCUT2D eigenvalue weighted by Crippen LogP contribution is 2.41. The van der Waals surface area contributed by atoms with Crippen molar-refractivity contribution < 1.29 is 9.13 Å². The van der Waals surface area contributed by atoms with Gasteiger partial charge in [0.1, 0.15) is 16.6 Å². The van der Waals surface area contributed by atoms with Crippen molar-refractivity contribution in [3.05, 3.63) is 53.5 Å². The third-order valence-electron chi connectivity index (χ3n) is 6.26. The van der Waals surface area contributed by atoms with E-state index < -0.39 is 0 Å². The Labute approximate surface area is 190 Å². The van der Waals surface area contributed by atoms with E-state index in [1.165, 1.54) is 4.88 Å². The Kier molecular flexibility index (Phi) is 5.43. The van der Waals surface area contributed by atoms with E-state index in [9.17, 15) is 0 Å². The van der Waals surface area contributed by atoms with Gasteiger partial charge in [-0.2, -0.15) is 5.10 Å². The van der Waals surface area contributed by atoms with E-state index in [1.807, 2.05) is 24.6 Å². The number of aromatic nitrogens is 4. The highest BCUT2D eigenvalue weighted by molar-refractivity contribution is 7.15. The fourth-order valence-corrected chi connectivity index (χ4v) is 5.69. The minimum atomic E-state index is -0.385. The third-order valence-corrected chi connectivity index (χ3v) is 7.56. The summed E-state index contributed by atoms with van der Waals surface area (Å²) in [6, 6.07) is 3.70. The maximum atomic E-state index is 15.8. The molecule has 0 bridgehead atoms. The fourth-order valence-electron chi connectivity index (χ4n) is 4.48. The van der Waals surface area contributed by atoms with E-state index in [4.69, 9.17) is 15.5 Å². The molecule has 0 amide bonds. The molecule has 165 valence electrons. The van der Waals surface area contributed by atoms with Crippen LogP contribution in [0.4, 0.5) is 10.2 Å². The van der Waals surface area contributed by atoms with E-state index in [0.717, 1.165) is 60.1 Å². The molecule has 5 rings (SSSR count). The zero-order valence-corrected chi connectivity index (χ0v) is 19.0. The maximum absolute atomic E-state index is 15.8. The van der Waals surface area contributed by atoms with Crippen molar-refractivity contribution in [3.63, 3.8) is 0 Å². The Morgan fingerprint density at radius 3 is 2.72 bits per heavy atom. The van der Waals surface area contributed by atoms with Crippen molar-refractivity contribution >= 4 is 27.9 Å². The minimum absolute atomic E-state index is 0.166.